The van der Waals surface area contributed by atoms with Gasteiger partial charge in [0.25, 0.3) is 0 Å². The predicted octanol–water partition coefficient (Wildman–Crippen LogP) is 7.42. The number of amides is 1. The van der Waals surface area contributed by atoms with Crippen molar-refractivity contribution in [3.63, 3.8) is 0 Å². The number of aliphatic carboxylic acids is 1. The summed E-state index contributed by atoms with van der Waals surface area (Å²) in [6.07, 6.45) is 1.97. The Kier molecular flexibility index (Phi) is 12.1. The molecule has 2 atom stereocenters. The van der Waals surface area contributed by atoms with Gasteiger partial charge in [-0.05, 0) is 78.9 Å². The zero-order chi connectivity index (χ0) is 35.2. The maximum absolute atomic E-state index is 16.0. The molecule has 2 aromatic carbocycles. The van der Waals surface area contributed by atoms with Gasteiger partial charge in [-0.1, -0.05) is 18.2 Å². The first-order valence-electron chi connectivity index (χ1n) is 16.5. The highest BCUT2D eigenvalue weighted by atomic mass is 19.1. The van der Waals surface area contributed by atoms with Gasteiger partial charge in [0, 0.05) is 60.0 Å². The predicted molar refractivity (Wildman–Crippen MR) is 177 cm³/mol. The molecular formula is C36H48F3N3O6. The molecule has 3 aromatic rings. The third-order valence-corrected chi connectivity index (χ3v) is 8.13. The second kappa shape index (κ2) is 15.6. The maximum atomic E-state index is 16.0. The van der Waals surface area contributed by atoms with Gasteiger partial charge in [0.15, 0.2) is 0 Å². The summed E-state index contributed by atoms with van der Waals surface area (Å²) in [5.74, 6) is -2.70. The largest absolute Gasteiger partial charge is 0.492 e. The van der Waals surface area contributed by atoms with Gasteiger partial charge in [-0.2, -0.15) is 0 Å². The standard InChI is InChI=1S/C36H48F3N3O6/c1-23-18-26-25-12-8-9-13-29(25)40-32(26)33(42(23)22-36(5,6)39)31-27(37)19-24(20-28(31)38)47-17-15-41(34(45)48-35(2,3)4)14-10-7-11-16-46-21-30(43)44/h8-9,12-13,19-20,23,33,40H,7,10-11,14-18,21-22H2,1-6H3,(H,43,44)/t23-,33-/m1/s1. The highest BCUT2D eigenvalue weighted by molar-refractivity contribution is 5.85. The van der Waals surface area contributed by atoms with Crippen molar-refractivity contribution >= 4 is 23.0 Å². The van der Waals surface area contributed by atoms with Crippen molar-refractivity contribution in [1.29, 1.82) is 0 Å². The lowest BCUT2D eigenvalue weighted by Gasteiger charge is -2.43. The van der Waals surface area contributed by atoms with Gasteiger partial charge >= 0.3 is 12.1 Å². The number of nitrogens with zero attached hydrogens (tertiary/aromatic N) is 2. The molecule has 1 aliphatic rings. The minimum atomic E-state index is -1.61. The van der Waals surface area contributed by atoms with E-state index in [1.165, 1.54) is 18.7 Å². The van der Waals surface area contributed by atoms with Crippen molar-refractivity contribution in [2.75, 3.05) is 39.5 Å². The molecule has 9 nitrogen and oxygen atoms in total. The fraction of sp³-hybridized carbons (Fsp3) is 0.556. The lowest BCUT2D eigenvalue weighted by atomic mass is 9.87. The second-order valence-corrected chi connectivity index (χ2v) is 14.0. The number of alkyl halides is 1. The van der Waals surface area contributed by atoms with Gasteiger partial charge in [-0.15, -0.1) is 0 Å². The van der Waals surface area contributed by atoms with Gasteiger partial charge in [-0.25, -0.2) is 22.8 Å². The SMILES string of the molecule is C[C@@H]1Cc2c([nH]c3ccccc23)[C@@H](c2c(F)cc(OCCN(CCCCCOCC(=O)O)C(=O)OC(C)(C)C)cc2F)N1CC(C)(C)F. The molecule has 12 heteroatoms. The molecule has 1 amide bonds. The van der Waals surface area contributed by atoms with Gasteiger partial charge < -0.3 is 29.2 Å². The van der Waals surface area contributed by atoms with Gasteiger partial charge in [-0.3, -0.25) is 4.90 Å². The summed E-state index contributed by atoms with van der Waals surface area (Å²) in [5, 5.41) is 9.65. The number of rotatable bonds is 15. The number of carbonyl (C=O) groups is 2. The number of unbranched alkanes of at least 4 members (excludes halogenated alkanes) is 2. The quantitative estimate of drug-likeness (QED) is 0.162. The third kappa shape index (κ3) is 9.88. The summed E-state index contributed by atoms with van der Waals surface area (Å²) in [5.41, 5.74) is -0.0660. The number of halogens is 3. The lowest BCUT2D eigenvalue weighted by Crippen LogP contribution is -2.48. The van der Waals surface area contributed by atoms with E-state index in [0.29, 0.717) is 44.5 Å². The van der Waals surface area contributed by atoms with Crippen molar-refractivity contribution in [3.8, 4) is 5.75 Å². The molecule has 0 saturated carbocycles. The minimum Gasteiger partial charge on any atom is -0.492 e. The topological polar surface area (TPSA) is 104 Å². The molecule has 0 spiro atoms. The molecule has 264 valence electrons. The maximum Gasteiger partial charge on any atom is 0.410 e. The average molecular weight is 676 g/mol. The summed E-state index contributed by atoms with van der Waals surface area (Å²) in [6, 6.07) is 8.89. The van der Waals surface area contributed by atoms with E-state index in [0.717, 1.165) is 28.6 Å². The Labute approximate surface area is 280 Å². The fourth-order valence-electron chi connectivity index (χ4n) is 6.14. The van der Waals surface area contributed by atoms with Crippen molar-refractivity contribution in [2.45, 2.75) is 90.6 Å². The first-order chi connectivity index (χ1) is 22.5. The molecule has 0 saturated heterocycles. The van der Waals surface area contributed by atoms with Crippen LogP contribution in [0.3, 0.4) is 0 Å². The number of H-pyrrole nitrogens is 1. The van der Waals surface area contributed by atoms with Crippen LogP contribution in [0.1, 0.15) is 83.7 Å². The molecular weight excluding hydrogens is 627 g/mol. The number of aromatic nitrogens is 1. The number of hydrogen-bond acceptors (Lipinski definition) is 6. The Bertz CT molecular complexity index is 1540. The van der Waals surface area contributed by atoms with E-state index in [9.17, 15) is 9.59 Å². The molecule has 0 fully saturated rings. The number of aromatic amines is 1. The molecule has 0 bridgehead atoms. The summed E-state index contributed by atoms with van der Waals surface area (Å²) >= 11 is 0. The Morgan fingerprint density at radius 3 is 2.35 bits per heavy atom. The zero-order valence-corrected chi connectivity index (χ0v) is 28.7. The van der Waals surface area contributed by atoms with E-state index in [4.69, 9.17) is 19.3 Å². The molecule has 0 unspecified atom stereocenters. The number of carbonyl (C=O) groups excluding carboxylic acids is 1. The first kappa shape index (κ1) is 37.1. The first-order valence-corrected chi connectivity index (χ1v) is 16.5. The normalized spacial score (nSPS) is 16.9. The highest BCUT2D eigenvalue weighted by Gasteiger charge is 2.41. The Balaban J connectivity index is 1.50. The summed E-state index contributed by atoms with van der Waals surface area (Å²) in [6.45, 7) is 10.4. The number of benzene rings is 2. The van der Waals surface area contributed by atoms with Gasteiger partial charge in [0.05, 0.1) is 12.6 Å². The lowest BCUT2D eigenvalue weighted by molar-refractivity contribution is -0.142. The van der Waals surface area contributed by atoms with Crippen LogP contribution in [-0.4, -0.2) is 88.7 Å². The molecule has 0 aliphatic carbocycles. The molecule has 0 radical (unpaired) electrons. The van der Waals surface area contributed by atoms with Crippen LogP contribution in [0.15, 0.2) is 36.4 Å². The van der Waals surface area contributed by atoms with E-state index in [1.807, 2.05) is 36.1 Å². The number of carboxylic acid groups (broad SMARTS) is 1. The molecule has 2 N–H and O–H groups in total. The van der Waals surface area contributed by atoms with Crippen LogP contribution in [0.4, 0.5) is 18.0 Å². The van der Waals surface area contributed by atoms with E-state index < -0.39 is 41.0 Å². The second-order valence-electron chi connectivity index (χ2n) is 14.0. The monoisotopic (exact) mass is 675 g/mol. The Hall–Kier alpha value is -3.77. The Morgan fingerprint density at radius 1 is 1.02 bits per heavy atom. The Morgan fingerprint density at radius 2 is 1.71 bits per heavy atom. The number of fused-ring (bicyclic) bond motifs is 3. The molecule has 4 rings (SSSR count). The van der Waals surface area contributed by atoms with Gasteiger partial charge in [0.2, 0.25) is 0 Å². The van der Waals surface area contributed by atoms with E-state index in [1.54, 1.807) is 20.8 Å². The summed E-state index contributed by atoms with van der Waals surface area (Å²) < 4.78 is 63.5. The van der Waals surface area contributed by atoms with Gasteiger partial charge in [0.1, 0.15) is 41.9 Å². The van der Waals surface area contributed by atoms with E-state index in [2.05, 4.69) is 4.98 Å². The smallest absolute Gasteiger partial charge is 0.410 e. The summed E-state index contributed by atoms with van der Waals surface area (Å²) in [7, 11) is 0. The number of ether oxygens (including phenoxy) is 3. The van der Waals surface area contributed by atoms with Crippen LogP contribution in [0, 0.1) is 11.6 Å². The third-order valence-electron chi connectivity index (χ3n) is 8.13. The number of para-hydroxylation sites is 1. The highest BCUT2D eigenvalue weighted by Crippen LogP contribution is 2.43. The van der Waals surface area contributed by atoms with Crippen LogP contribution >= 0.6 is 0 Å². The zero-order valence-electron chi connectivity index (χ0n) is 28.7. The van der Waals surface area contributed by atoms with E-state index >= 15 is 13.2 Å². The molecule has 1 aliphatic heterocycles. The van der Waals surface area contributed by atoms with Crippen molar-refractivity contribution < 1.29 is 42.1 Å². The van der Waals surface area contributed by atoms with Crippen LogP contribution in [0.2, 0.25) is 0 Å². The van der Waals surface area contributed by atoms with Crippen molar-refractivity contribution in [2.24, 2.45) is 0 Å². The number of hydrogen-bond donors (Lipinski definition) is 2. The van der Waals surface area contributed by atoms with Crippen molar-refractivity contribution in [3.05, 3.63) is 64.9 Å². The number of carboxylic acids is 1. The number of nitrogens with one attached hydrogen (secondary N) is 1. The molecule has 48 heavy (non-hydrogen) atoms. The summed E-state index contributed by atoms with van der Waals surface area (Å²) in [4.78, 5) is 30.1. The molecule has 1 aromatic heterocycles. The van der Waals surface area contributed by atoms with Crippen LogP contribution < -0.4 is 4.74 Å². The van der Waals surface area contributed by atoms with Crippen LogP contribution in [-0.2, 0) is 20.7 Å². The van der Waals surface area contributed by atoms with Crippen LogP contribution in [0.5, 0.6) is 5.75 Å². The fourth-order valence-corrected chi connectivity index (χ4v) is 6.14. The minimum absolute atomic E-state index is 0.0272. The van der Waals surface area contributed by atoms with Crippen molar-refractivity contribution in [1.82, 2.24) is 14.8 Å². The molecule has 2 heterocycles. The van der Waals surface area contributed by atoms with Crippen LogP contribution in [0.25, 0.3) is 10.9 Å². The van der Waals surface area contributed by atoms with E-state index in [-0.39, 0.29) is 43.7 Å². The average Bonchev–Trinajstić information content (AvgIpc) is 3.33.